The van der Waals surface area contributed by atoms with Crippen LogP contribution in [0, 0.1) is 13.8 Å². The van der Waals surface area contributed by atoms with Crippen molar-refractivity contribution >= 4 is 16.9 Å². The van der Waals surface area contributed by atoms with E-state index in [2.05, 4.69) is 10.1 Å². The van der Waals surface area contributed by atoms with Gasteiger partial charge in [0.25, 0.3) is 0 Å². The van der Waals surface area contributed by atoms with Gasteiger partial charge in [0.05, 0.1) is 22.8 Å². The Kier molecular flexibility index (Phi) is 3.71. The van der Waals surface area contributed by atoms with Crippen LogP contribution in [0.4, 0.5) is 0 Å². The quantitative estimate of drug-likeness (QED) is 0.793. The molecule has 0 radical (unpaired) electrons. The molecular formula is C18H20N4O3. The fraction of sp³-hybridized carbons (Fsp3) is 0.389. The fourth-order valence-corrected chi connectivity index (χ4v) is 3.82. The Morgan fingerprint density at radius 3 is 2.92 bits per heavy atom. The number of imidazole rings is 1. The zero-order chi connectivity index (χ0) is 17.6. The number of nitrogens with zero attached hydrogens (tertiary/aromatic N) is 3. The Labute approximate surface area is 144 Å². The summed E-state index contributed by atoms with van der Waals surface area (Å²) in [5.74, 6) is 0.695. The van der Waals surface area contributed by atoms with Crippen LogP contribution in [0.15, 0.2) is 33.6 Å². The van der Waals surface area contributed by atoms with E-state index >= 15 is 0 Å². The van der Waals surface area contributed by atoms with Gasteiger partial charge in [-0.3, -0.25) is 9.36 Å². The van der Waals surface area contributed by atoms with Crippen molar-refractivity contribution in [2.24, 2.45) is 0 Å². The predicted octanol–water partition coefficient (Wildman–Crippen LogP) is 2.30. The number of amides is 1. The molecule has 130 valence electrons. The molecule has 0 aliphatic carbocycles. The van der Waals surface area contributed by atoms with E-state index in [0.29, 0.717) is 6.54 Å². The van der Waals surface area contributed by atoms with Gasteiger partial charge in [0.2, 0.25) is 5.91 Å². The number of benzene rings is 1. The molecule has 7 heteroatoms. The Hall–Kier alpha value is -2.83. The number of aryl methyl sites for hydroxylation is 2. The van der Waals surface area contributed by atoms with Gasteiger partial charge in [0.1, 0.15) is 12.3 Å². The van der Waals surface area contributed by atoms with Crippen molar-refractivity contribution in [2.45, 2.75) is 39.3 Å². The second kappa shape index (κ2) is 5.91. The van der Waals surface area contributed by atoms with Crippen LogP contribution in [-0.2, 0) is 11.3 Å². The average molecular weight is 340 g/mol. The number of likely N-dealkylation sites (tertiary alicyclic amines) is 1. The molecule has 3 heterocycles. The summed E-state index contributed by atoms with van der Waals surface area (Å²) in [5, 5.41) is 4.01. The van der Waals surface area contributed by atoms with Crippen molar-refractivity contribution < 1.29 is 9.32 Å². The molecule has 1 atom stereocenters. The smallest absolute Gasteiger partial charge is 0.326 e. The molecule has 1 aliphatic heterocycles. The highest BCUT2D eigenvalue weighted by Crippen LogP contribution is 2.35. The van der Waals surface area contributed by atoms with Crippen LogP contribution in [0.3, 0.4) is 0 Å². The number of para-hydroxylation sites is 2. The first-order chi connectivity index (χ1) is 12.1. The molecule has 1 aliphatic rings. The summed E-state index contributed by atoms with van der Waals surface area (Å²) in [6.45, 7) is 4.49. The lowest BCUT2D eigenvalue weighted by Crippen LogP contribution is -2.35. The Morgan fingerprint density at radius 2 is 2.16 bits per heavy atom. The number of carbonyl (C=O) groups is 1. The largest absolute Gasteiger partial charge is 0.361 e. The lowest BCUT2D eigenvalue weighted by atomic mass is 10.0. The number of rotatable bonds is 3. The zero-order valence-corrected chi connectivity index (χ0v) is 14.3. The standard InChI is InChI=1S/C18H20N4O3/c1-11-17(12(2)25-20-11)15-8-5-9-21(15)16(23)10-22-14-7-4-3-6-13(14)19-18(22)24/h3-4,6-7,15H,5,8-10H2,1-2H3,(H,19,24)/t15-/m0/s1. The number of hydrogen-bond acceptors (Lipinski definition) is 4. The van der Waals surface area contributed by atoms with Gasteiger partial charge < -0.3 is 14.4 Å². The average Bonchev–Trinajstić information content (AvgIpc) is 3.26. The molecule has 25 heavy (non-hydrogen) atoms. The fourth-order valence-electron chi connectivity index (χ4n) is 3.82. The van der Waals surface area contributed by atoms with Gasteiger partial charge in [0, 0.05) is 12.1 Å². The summed E-state index contributed by atoms with van der Waals surface area (Å²) in [4.78, 5) is 29.8. The van der Waals surface area contributed by atoms with Gasteiger partial charge >= 0.3 is 5.69 Å². The van der Waals surface area contributed by atoms with Crippen molar-refractivity contribution in [3.8, 4) is 0 Å². The monoisotopic (exact) mass is 340 g/mol. The van der Waals surface area contributed by atoms with Crippen LogP contribution in [0.5, 0.6) is 0 Å². The predicted molar refractivity (Wildman–Crippen MR) is 92.2 cm³/mol. The zero-order valence-electron chi connectivity index (χ0n) is 14.3. The van der Waals surface area contributed by atoms with Gasteiger partial charge in [-0.25, -0.2) is 4.79 Å². The number of nitrogens with one attached hydrogen (secondary N) is 1. The Bertz CT molecular complexity index is 978. The molecule has 3 aromatic rings. The van der Waals surface area contributed by atoms with Crippen LogP contribution in [0.1, 0.15) is 35.9 Å². The van der Waals surface area contributed by atoms with E-state index in [1.54, 1.807) is 0 Å². The summed E-state index contributed by atoms with van der Waals surface area (Å²) >= 11 is 0. The second-order valence-corrected chi connectivity index (χ2v) is 6.52. The number of hydrogen-bond donors (Lipinski definition) is 1. The number of H-pyrrole nitrogens is 1. The summed E-state index contributed by atoms with van der Waals surface area (Å²) in [5.41, 5.74) is 3.05. The van der Waals surface area contributed by atoms with Crippen molar-refractivity contribution in [2.75, 3.05) is 6.54 Å². The van der Waals surface area contributed by atoms with E-state index in [9.17, 15) is 9.59 Å². The number of aromatic nitrogens is 3. The van der Waals surface area contributed by atoms with E-state index < -0.39 is 0 Å². The molecule has 0 bridgehead atoms. The third-order valence-electron chi connectivity index (χ3n) is 4.97. The van der Waals surface area contributed by atoms with Crippen molar-refractivity contribution in [1.29, 1.82) is 0 Å². The SMILES string of the molecule is Cc1noc(C)c1[C@@H]1CCCN1C(=O)Cn1c(=O)[nH]c2ccccc21. The molecule has 1 amide bonds. The number of carbonyl (C=O) groups excluding carboxylic acids is 1. The number of aromatic amines is 1. The first kappa shape index (κ1) is 15.7. The van der Waals surface area contributed by atoms with E-state index in [1.807, 2.05) is 43.0 Å². The molecule has 1 fully saturated rings. The molecule has 0 spiro atoms. The summed E-state index contributed by atoms with van der Waals surface area (Å²) in [7, 11) is 0. The molecule has 7 nitrogen and oxygen atoms in total. The first-order valence-electron chi connectivity index (χ1n) is 8.46. The van der Waals surface area contributed by atoms with Crippen LogP contribution in [0.2, 0.25) is 0 Å². The van der Waals surface area contributed by atoms with Crippen molar-refractivity contribution in [1.82, 2.24) is 19.6 Å². The minimum Gasteiger partial charge on any atom is -0.361 e. The normalized spacial score (nSPS) is 17.5. The molecule has 0 unspecified atom stereocenters. The van der Waals surface area contributed by atoms with Crippen LogP contribution in [-0.4, -0.2) is 32.1 Å². The van der Waals surface area contributed by atoms with Crippen LogP contribution in [0.25, 0.3) is 11.0 Å². The third kappa shape index (κ3) is 2.56. The van der Waals surface area contributed by atoms with Gasteiger partial charge in [-0.1, -0.05) is 17.3 Å². The Balaban J connectivity index is 1.64. The van der Waals surface area contributed by atoms with Crippen molar-refractivity contribution in [3.63, 3.8) is 0 Å². The van der Waals surface area contributed by atoms with E-state index in [-0.39, 0.29) is 24.2 Å². The van der Waals surface area contributed by atoms with Crippen molar-refractivity contribution in [3.05, 3.63) is 51.8 Å². The van der Waals surface area contributed by atoms with Gasteiger partial charge in [-0.2, -0.15) is 0 Å². The van der Waals surface area contributed by atoms with Crippen LogP contribution >= 0.6 is 0 Å². The highest BCUT2D eigenvalue weighted by atomic mass is 16.5. The van der Waals surface area contributed by atoms with E-state index in [0.717, 1.165) is 40.9 Å². The van der Waals surface area contributed by atoms with E-state index in [4.69, 9.17) is 4.52 Å². The maximum Gasteiger partial charge on any atom is 0.326 e. The lowest BCUT2D eigenvalue weighted by molar-refractivity contribution is -0.132. The summed E-state index contributed by atoms with van der Waals surface area (Å²) < 4.78 is 6.77. The molecule has 4 rings (SSSR count). The molecule has 1 saturated heterocycles. The maximum atomic E-state index is 12.9. The molecular weight excluding hydrogens is 320 g/mol. The maximum absolute atomic E-state index is 12.9. The van der Waals surface area contributed by atoms with Crippen LogP contribution < -0.4 is 5.69 Å². The first-order valence-corrected chi connectivity index (χ1v) is 8.46. The highest BCUT2D eigenvalue weighted by Gasteiger charge is 2.34. The summed E-state index contributed by atoms with van der Waals surface area (Å²) in [6.07, 6.45) is 1.82. The Morgan fingerprint density at radius 1 is 1.36 bits per heavy atom. The topological polar surface area (TPSA) is 84.1 Å². The molecule has 1 aromatic carbocycles. The summed E-state index contributed by atoms with van der Waals surface area (Å²) in [6, 6.07) is 7.37. The second-order valence-electron chi connectivity index (χ2n) is 6.52. The van der Waals surface area contributed by atoms with E-state index in [1.165, 1.54) is 4.57 Å². The van der Waals surface area contributed by atoms with Gasteiger partial charge in [-0.05, 0) is 38.8 Å². The van der Waals surface area contributed by atoms with Gasteiger partial charge in [-0.15, -0.1) is 0 Å². The van der Waals surface area contributed by atoms with Gasteiger partial charge in [0.15, 0.2) is 0 Å². The minimum atomic E-state index is -0.261. The minimum absolute atomic E-state index is 0.0281. The molecule has 2 aromatic heterocycles. The molecule has 0 saturated carbocycles. The molecule has 1 N–H and O–H groups in total. The highest BCUT2D eigenvalue weighted by molar-refractivity contribution is 5.81. The number of fused-ring (bicyclic) bond motifs is 1. The third-order valence-corrected chi connectivity index (χ3v) is 4.97. The lowest BCUT2D eigenvalue weighted by Gasteiger charge is -2.25.